The van der Waals surface area contributed by atoms with Gasteiger partial charge >= 0.3 is 0 Å². The Labute approximate surface area is 147 Å². The van der Waals surface area contributed by atoms with Crippen LogP contribution in [0.25, 0.3) is 0 Å². The molecule has 1 radical (unpaired) electrons. The molecule has 0 aliphatic heterocycles. The van der Waals surface area contributed by atoms with Gasteiger partial charge in [0, 0.05) is 0 Å². The highest BCUT2D eigenvalue weighted by molar-refractivity contribution is 4.56. The molecule has 0 amide bonds. The fourth-order valence-electron chi connectivity index (χ4n) is 3.28. The van der Waals surface area contributed by atoms with Gasteiger partial charge in [0.2, 0.25) is 0 Å². The van der Waals surface area contributed by atoms with Crippen molar-refractivity contribution in [2.24, 2.45) is 0 Å². The lowest BCUT2D eigenvalue weighted by Gasteiger charge is -2.04. The summed E-state index contributed by atoms with van der Waals surface area (Å²) in [5, 5.41) is 9.08. The molecule has 0 saturated heterocycles. The van der Waals surface area contributed by atoms with Gasteiger partial charge in [-0.15, -0.1) is 0 Å². The van der Waals surface area contributed by atoms with Gasteiger partial charge in [0.25, 0.3) is 0 Å². The van der Waals surface area contributed by atoms with Gasteiger partial charge in [-0.05, 0) is 13.3 Å². The van der Waals surface area contributed by atoms with Crippen LogP contribution in [-0.2, 0) is 0 Å². The summed E-state index contributed by atoms with van der Waals surface area (Å²) in [6.45, 7) is 5.90. The third-order valence-corrected chi connectivity index (χ3v) is 4.89. The van der Waals surface area contributed by atoms with Crippen LogP contribution in [-0.4, -0.2) is 11.2 Å². The minimum atomic E-state index is -0.351. The first kappa shape index (κ1) is 23.0. The van der Waals surface area contributed by atoms with E-state index in [1.54, 1.807) is 0 Å². The molecular formula is C22H45O. The topological polar surface area (TPSA) is 20.2 Å². The summed E-state index contributed by atoms with van der Waals surface area (Å²) in [5.41, 5.74) is 0. The summed E-state index contributed by atoms with van der Waals surface area (Å²) < 4.78 is 0. The Bertz CT molecular complexity index is 200. The molecule has 0 aliphatic rings. The third-order valence-electron chi connectivity index (χ3n) is 4.89. The summed E-state index contributed by atoms with van der Waals surface area (Å²) in [6.07, 6.45) is 25.9. The van der Waals surface area contributed by atoms with Crippen LogP contribution in [0.4, 0.5) is 0 Å². The summed E-state index contributed by atoms with van der Waals surface area (Å²) in [7, 11) is 0. The molecule has 0 saturated carbocycles. The molecule has 0 rings (SSSR count). The standard InChI is InChI=1S/C22H45O/c1-3-4-5-6-7-8-9-10-11-12-13-14-15-16-17-18-19-20-21-22(2)23/h22-23H,2-21H2,1H3. The van der Waals surface area contributed by atoms with Gasteiger partial charge in [0.15, 0.2) is 0 Å². The zero-order chi connectivity index (χ0) is 17.0. The maximum Gasteiger partial charge on any atom is 0.0541 e. The molecule has 1 N–H and O–H groups in total. The highest BCUT2D eigenvalue weighted by Crippen LogP contribution is 2.14. The third kappa shape index (κ3) is 22.0. The second-order valence-corrected chi connectivity index (χ2v) is 7.45. The molecule has 139 valence electrons. The van der Waals surface area contributed by atoms with Gasteiger partial charge in [-0.25, -0.2) is 0 Å². The molecular weight excluding hydrogens is 280 g/mol. The van der Waals surface area contributed by atoms with Gasteiger partial charge in [-0.1, -0.05) is 122 Å². The molecule has 0 fully saturated rings. The summed E-state index contributed by atoms with van der Waals surface area (Å²) >= 11 is 0. The van der Waals surface area contributed by atoms with Crippen LogP contribution in [0, 0.1) is 6.92 Å². The molecule has 23 heavy (non-hydrogen) atoms. The Hall–Kier alpha value is -0.0400. The zero-order valence-electron chi connectivity index (χ0n) is 16.2. The van der Waals surface area contributed by atoms with Crippen molar-refractivity contribution < 1.29 is 5.11 Å². The van der Waals surface area contributed by atoms with Crippen LogP contribution < -0.4 is 0 Å². The normalized spacial score (nSPS) is 12.7. The first-order valence-corrected chi connectivity index (χ1v) is 10.8. The van der Waals surface area contributed by atoms with Crippen LogP contribution in [0.2, 0.25) is 0 Å². The monoisotopic (exact) mass is 325 g/mol. The molecule has 1 heteroatoms. The van der Waals surface area contributed by atoms with Crippen molar-refractivity contribution >= 4 is 0 Å². The van der Waals surface area contributed by atoms with Gasteiger partial charge in [0.1, 0.15) is 0 Å². The zero-order valence-corrected chi connectivity index (χ0v) is 16.2. The van der Waals surface area contributed by atoms with Gasteiger partial charge in [-0.3, -0.25) is 0 Å². The molecule has 0 bridgehead atoms. The number of rotatable bonds is 19. The largest absolute Gasteiger partial charge is 0.393 e. The lowest BCUT2D eigenvalue weighted by atomic mass is 10.0. The Morgan fingerprint density at radius 3 is 1.04 bits per heavy atom. The Morgan fingerprint density at radius 1 is 0.522 bits per heavy atom. The predicted octanol–water partition coefficient (Wildman–Crippen LogP) is 7.61. The summed E-state index contributed by atoms with van der Waals surface area (Å²) in [5.74, 6) is 0. The quantitative estimate of drug-likeness (QED) is 0.242. The second kappa shape index (κ2) is 20.0. The maximum atomic E-state index is 9.08. The van der Waals surface area contributed by atoms with Gasteiger partial charge in [0.05, 0.1) is 6.10 Å². The first-order valence-electron chi connectivity index (χ1n) is 10.8. The number of aliphatic hydroxyl groups is 1. The minimum absolute atomic E-state index is 0.351. The Morgan fingerprint density at radius 2 is 0.783 bits per heavy atom. The van der Waals surface area contributed by atoms with Crippen molar-refractivity contribution in [3.05, 3.63) is 6.92 Å². The average Bonchev–Trinajstić information content (AvgIpc) is 2.53. The van der Waals surface area contributed by atoms with E-state index in [0.29, 0.717) is 0 Å². The fraction of sp³-hybridized carbons (Fsp3) is 0.955. The number of hydrogen-bond donors (Lipinski definition) is 1. The molecule has 1 atom stereocenters. The van der Waals surface area contributed by atoms with Gasteiger partial charge in [-0.2, -0.15) is 0 Å². The Kier molecular flexibility index (Phi) is 20.0. The lowest BCUT2D eigenvalue weighted by Crippen LogP contribution is -1.98. The molecule has 0 heterocycles. The molecule has 0 aromatic carbocycles. The van der Waals surface area contributed by atoms with Crippen LogP contribution in [0.1, 0.15) is 129 Å². The highest BCUT2D eigenvalue weighted by atomic mass is 16.3. The van der Waals surface area contributed by atoms with Crippen molar-refractivity contribution in [1.82, 2.24) is 0 Å². The van der Waals surface area contributed by atoms with E-state index in [-0.39, 0.29) is 6.10 Å². The van der Waals surface area contributed by atoms with E-state index >= 15 is 0 Å². The molecule has 0 aliphatic carbocycles. The van der Waals surface area contributed by atoms with Crippen LogP contribution in [0.15, 0.2) is 0 Å². The minimum Gasteiger partial charge on any atom is -0.393 e. The van der Waals surface area contributed by atoms with E-state index in [9.17, 15) is 0 Å². The van der Waals surface area contributed by atoms with E-state index in [1.807, 2.05) is 0 Å². The van der Waals surface area contributed by atoms with E-state index in [2.05, 4.69) is 13.8 Å². The summed E-state index contributed by atoms with van der Waals surface area (Å²) in [4.78, 5) is 0. The first-order chi connectivity index (χ1) is 11.3. The molecule has 0 aromatic heterocycles. The molecule has 1 unspecified atom stereocenters. The lowest BCUT2D eigenvalue weighted by molar-refractivity contribution is 0.205. The highest BCUT2D eigenvalue weighted by Gasteiger charge is 1.96. The number of unbranched alkanes of at least 4 members (excludes halogenated alkanes) is 17. The van der Waals surface area contributed by atoms with Crippen molar-refractivity contribution in [3.63, 3.8) is 0 Å². The SMILES string of the molecule is [CH2]C(O)CCCCCCCCCCCCCCCCCCCC. The van der Waals surface area contributed by atoms with E-state index in [0.717, 1.165) is 12.8 Å². The van der Waals surface area contributed by atoms with Crippen molar-refractivity contribution in [1.29, 1.82) is 0 Å². The van der Waals surface area contributed by atoms with Crippen LogP contribution in [0.3, 0.4) is 0 Å². The molecule has 1 nitrogen and oxygen atoms in total. The number of aliphatic hydroxyl groups excluding tert-OH is 1. The molecule has 0 aromatic rings. The predicted molar refractivity (Wildman–Crippen MR) is 105 cm³/mol. The fourth-order valence-corrected chi connectivity index (χ4v) is 3.28. The number of hydrogen-bond acceptors (Lipinski definition) is 1. The van der Waals surface area contributed by atoms with Gasteiger partial charge < -0.3 is 5.11 Å². The second-order valence-electron chi connectivity index (χ2n) is 7.45. The maximum absolute atomic E-state index is 9.08. The smallest absolute Gasteiger partial charge is 0.0541 e. The van der Waals surface area contributed by atoms with Crippen molar-refractivity contribution in [2.45, 2.75) is 135 Å². The van der Waals surface area contributed by atoms with Crippen LogP contribution in [0.5, 0.6) is 0 Å². The van der Waals surface area contributed by atoms with Crippen molar-refractivity contribution in [3.8, 4) is 0 Å². The van der Waals surface area contributed by atoms with Crippen LogP contribution >= 0.6 is 0 Å². The van der Waals surface area contributed by atoms with E-state index < -0.39 is 0 Å². The summed E-state index contributed by atoms with van der Waals surface area (Å²) in [6, 6.07) is 0. The van der Waals surface area contributed by atoms with Crippen molar-refractivity contribution in [2.75, 3.05) is 0 Å². The van der Waals surface area contributed by atoms with E-state index in [4.69, 9.17) is 5.11 Å². The van der Waals surface area contributed by atoms with E-state index in [1.165, 1.54) is 109 Å². The Balaban J connectivity index is 2.95. The molecule has 0 spiro atoms. The average molecular weight is 326 g/mol.